The van der Waals surface area contributed by atoms with E-state index in [2.05, 4.69) is 37.4 Å². The fourth-order valence-electron chi connectivity index (χ4n) is 2.66. The molecule has 0 unspecified atom stereocenters. The summed E-state index contributed by atoms with van der Waals surface area (Å²) in [4.78, 5) is 0. The molecule has 1 aliphatic rings. The lowest BCUT2D eigenvalue weighted by Gasteiger charge is -2.27. The van der Waals surface area contributed by atoms with Crippen molar-refractivity contribution in [2.24, 2.45) is 5.92 Å². The number of benzene rings is 1. The summed E-state index contributed by atoms with van der Waals surface area (Å²) < 4.78 is 5.45. The van der Waals surface area contributed by atoms with E-state index in [-0.39, 0.29) is 5.92 Å². The van der Waals surface area contributed by atoms with Crippen molar-refractivity contribution in [3.63, 3.8) is 0 Å². The summed E-state index contributed by atoms with van der Waals surface area (Å²) in [5.41, 5.74) is 3.59. The van der Waals surface area contributed by atoms with Gasteiger partial charge in [-0.1, -0.05) is 0 Å². The number of anilines is 1. The summed E-state index contributed by atoms with van der Waals surface area (Å²) in [6.45, 7) is 4.21. The number of hydrogen-bond donors (Lipinski definition) is 1. The Morgan fingerprint density at radius 1 is 1.16 bits per heavy atom. The molecule has 0 bridgehead atoms. The lowest BCUT2D eigenvalue weighted by molar-refractivity contribution is 0.392. The van der Waals surface area contributed by atoms with Crippen LogP contribution in [0.25, 0.3) is 0 Å². The van der Waals surface area contributed by atoms with Gasteiger partial charge in [0.2, 0.25) is 0 Å². The van der Waals surface area contributed by atoms with Gasteiger partial charge in [-0.25, -0.2) is 0 Å². The smallest absolute Gasteiger partial charge is 0.142 e. The van der Waals surface area contributed by atoms with Crippen molar-refractivity contribution < 1.29 is 4.74 Å². The minimum atomic E-state index is 0.250. The van der Waals surface area contributed by atoms with Crippen LogP contribution in [-0.2, 0) is 0 Å². The standard InChI is InChI=1S/C16H22N2O/c1-11-8-15(16(19-3)9-12(11)2)18-14-6-4-13(10-17)5-7-14/h8-9,13-14,18H,4-7H2,1-3H3. The molecular weight excluding hydrogens is 236 g/mol. The molecule has 0 aromatic heterocycles. The first kappa shape index (κ1) is 13.7. The van der Waals surface area contributed by atoms with E-state index >= 15 is 0 Å². The molecular formula is C16H22N2O. The number of nitrogens with zero attached hydrogens (tertiary/aromatic N) is 1. The lowest BCUT2D eigenvalue weighted by atomic mass is 9.87. The van der Waals surface area contributed by atoms with Gasteiger partial charge in [0.15, 0.2) is 0 Å². The van der Waals surface area contributed by atoms with Crippen LogP contribution in [0, 0.1) is 31.1 Å². The van der Waals surface area contributed by atoms with Gasteiger partial charge in [-0.05, 0) is 62.8 Å². The van der Waals surface area contributed by atoms with Crippen LogP contribution < -0.4 is 10.1 Å². The highest BCUT2D eigenvalue weighted by molar-refractivity contribution is 5.60. The summed E-state index contributed by atoms with van der Waals surface area (Å²) in [7, 11) is 1.71. The molecule has 19 heavy (non-hydrogen) atoms. The van der Waals surface area contributed by atoms with Crippen LogP contribution in [-0.4, -0.2) is 13.2 Å². The molecule has 2 rings (SSSR count). The van der Waals surface area contributed by atoms with Gasteiger partial charge in [-0.3, -0.25) is 0 Å². The van der Waals surface area contributed by atoms with Crippen LogP contribution >= 0.6 is 0 Å². The second-order valence-electron chi connectivity index (χ2n) is 5.46. The first-order valence-electron chi connectivity index (χ1n) is 6.95. The van der Waals surface area contributed by atoms with Gasteiger partial charge >= 0.3 is 0 Å². The Hall–Kier alpha value is -1.69. The number of methoxy groups -OCH3 is 1. The van der Waals surface area contributed by atoms with Crippen molar-refractivity contribution in [2.45, 2.75) is 45.6 Å². The molecule has 0 atom stereocenters. The van der Waals surface area contributed by atoms with Crippen LogP contribution in [0.5, 0.6) is 5.75 Å². The fourth-order valence-corrected chi connectivity index (χ4v) is 2.66. The summed E-state index contributed by atoms with van der Waals surface area (Å²) >= 11 is 0. The maximum absolute atomic E-state index is 8.93. The lowest BCUT2D eigenvalue weighted by Crippen LogP contribution is -2.25. The van der Waals surface area contributed by atoms with Crippen LogP contribution in [0.15, 0.2) is 12.1 Å². The molecule has 3 heteroatoms. The van der Waals surface area contributed by atoms with Gasteiger partial charge in [0.1, 0.15) is 5.75 Å². The Labute approximate surface area is 115 Å². The SMILES string of the molecule is COc1cc(C)c(C)cc1NC1CCC(C#N)CC1. The van der Waals surface area contributed by atoms with E-state index in [1.165, 1.54) is 11.1 Å². The van der Waals surface area contributed by atoms with Gasteiger partial charge in [0.05, 0.1) is 18.9 Å². The van der Waals surface area contributed by atoms with Gasteiger partial charge in [0.25, 0.3) is 0 Å². The maximum atomic E-state index is 8.93. The molecule has 1 N–H and O–H groups in total. The van der Waals surface area contributed by atoms with E-state index in [0.717, 1.165) is 37.1 Å². The van der Waals surface area contributed by atoms with Gasteiger partial charge in [0, 0.05) is 12.0 Å². The molecule has 1 fully saturated rings. The highest BCUT2D eigenvalue weighted by Crippen LogP contribution is 2.32. The molecule has 0 aliphatic heterocycles. The minimum absolute atomic E-state index is 0.250. The molecule has 1 saturated carbocycles. The Morgan fingerprint density at radius 2 is 1.79 bits per heavy atom. The van der Waals surface area contributed by atoms with E-state index in [4.69, 9.17) is 10.00 Å². The molecule has 1 aromatic rings. The molecule has 0 radical (unpaired) electrons. The Morgan fingerprint density at radius 3 is 2.37 bits per heavy atom. The summed E-state index contributed by atoms with van der Waals surface area (Å²) in [5, 5.41) is 12.5. The molecule has 1 aromatic carbocycles. The van der Waals surface area contributed by atoms with E-state index in [0.29, 0.717) is 6.04 Å². The number of nitrogens with one attached hydrogen (secondary N) is 1. The van der Waals surface area contributed by atoms with Crippen LogP contribution in [0.2, 0.25) is 0 Å². The van der Waals surface area contributed by atoms with Crippen molar-refractivity contribution in [1.29, 1.82) is 5.26 Å². The number of nitriles is 1. The predicted molar refractivity (Wildman–Crippen MR) is 77.4 cm³/mol. The fraction of sp³-hybridized carbons (Fsp3) is 0.562. The topological polar surface area (TPSA) is 45.0 Å². The van der Waals surface area contributed by atoms with Crippen molar-refractivity contribution in [3.8, 4) is 11.8 Å². The number of rotatable bonds is 3. The monoisotopic (exact) mass is 258 g/mol. The van der Waals surface area contributed by atoms with E-state index in [1.807, 2.05) is 0 Å². The minimum Gasteiger partial charge on any atom is -0.495 e. The molecule has 0 heterocycles. The zero-order valence-corrected chi connectivity index (χ0v) is 12.0. The zero-order valence-electron chi connectivity index (χ0n) is 12.0. The third kappa shape index (κ3) is 3.20. The molecule has 0 spiro atoms. The summed E-state index contributed by atoms with van der Waals surface area (Å²) in [6.07, 6.45) is 4.13. The third-order valence-corrected chi connectivity index (χ3v) is 4.09. The molecule has 1 aliphatic carbocycles. The van der Waals surface area contributed by atoms with E-state index in [9.17, 15) is 0 Å². The summed E-state index contributed by atoms with van der Waals surface area (Å²) in [6, 6.07) is 7.07. The highest BCUT2D eigenvalue weighted by Gasteiger charge is 2.21. The van der Waals surface area contributed by atoms with E-state index in [1.54, 1.807) is 7.11 Å². The molecule has 3 nitrogen and oxygen atoms in total. The van der Waals surface area contributed by atoms with Crippen LogP contribution in [0.4, 0.5) is 5.69 Å². The quantitative estimate of drug-likeness (QED) is 0.896. The van der Waals surface area contributed by atoms with Crippen LogP contribution in [0.3, 0.4) is 0 Å². The van der Waals surface area contributed by atoms with Gasteiger partial charge in [-0.15, -0.1) is 0 Å². The van der Waals surface area contributed by atoms with Gasteiger partial charge < -0.3 is 10.1 Å². The number of ether oxygens (including phenoxy) is 1. The largest absolute Gasteiger partial charge is 0.495 e. The predicted octanol–water partition coefficient (Wildman–Crippen LogP) is 3.81. The van der Waals surface area contributed by atoms with Crippen LogP contribution in [0.1, 0.15) is 36.8 Å². The first-order valence-corrected chi connectivity index (χ1v) is 6.95. The van der Waals surface area contributed by atoms with E-state index < -0.39 is 0 Å². The summed E-state index contributed by atoms with van der Waals surface area (Å²) in [5.74, 6) is 1.16. The zero-order chi connectivity index (χ0) is 13.8. The second kappa shape index (κ2) is 5.97. The Balaban J connectivity index is 2.07. The second-order valence-corrected chi connectivity index (χ2v) is 5.46. The Bertz CT molecular complexity index is 482. The Kier molecular flexibility index (Phi) is 4.31. The molecule has 0 saturated heterocycles. The van der Waals surface area contributed by atoms with Crippen molar-refractivity contribution in [2.75, 3.05) is 12.4 Å². The van der Waals surface area contributed by atoms with Crippen molar-refractivity contribution >= 4 is 5.69 Å². The van der Waals surface area contributed by atoms with Crippen molar-refractivity contribution in [1.82, 2.24) is 0 Å². The van der Waals surface area contributed by atoms with Crippen molar-refractivity contribution in [3.05, 3.63) is 23.3 Å². The molecule has 0 amide bonds. The number of aryl methyl sites for hydroxylation is 2. The number of hydrogen-bond acceptors (Lipinski definition) is 3. The average Bonchev–Trinajstić information content (AvgIpc) is 2.43. The van der Waals surface area contributed by atoms with Gasteiger partial charge in [-0.2, -0.15) is 5.26 Å². The normalized spacial score (nSPS) is 22.6. The third-order valence-electron chi connectivity index (χ3n) is 4.09. The first-order chi connectivity index (χ1) is 9.13. The average molecular weight is 258 g/mol. The molecule has 102 valence electrons. The highest BCUT2D eigenvalue weighted by atomic mass is 16.5. The maximum Gasteiger partial charge on any atom is 0.142 e.